The standard InChI is InChI=1S/C21H18Cl3NO3/c1-2-3-4-12-7-19(26)28-20-14(12)9-17(24)21-15(20)10-25(11-27-21)18-6-5-13(22)8-16(18)23/h5-9H,2-4,10-11H2,1H3. The van der Waals surface area contributed by atoms with Crippen molar-refractivity contribution in [2.75, 3.05) is 11.6 Å². The second-order valence-corrected chi connectivity index (χ2v) is 8.05. The Morgan fingerprint density at radius 2 is 1.93 bits per heavy atom. The molecule has 3 aromatic rings. The molecular formula is C21H18Cl3NO3. The van der Waals surface area contributed by atoms with E-state index in [-0.39, 0.29) is 12.4 Å². The Labute approximate surface area is 177 Å². The minimum atomic E-state index is -0.371. The number of aryl methyl sites for hydroxylation is 1. The van der Waals surface area contributed by atoms with Gasteiger partial charge in [-0.2, -0.15) is 0 Å². The number of halogens is 3. The van der Waals surface area contributed by atoms with E-state index in [1.807, 2.05) is 17.0 Å². The van der Waals surface area contributed by atoms with Gasteiger partial charge in [0.15, 0.2) is 6.73 Å². The molecule has 0 fully saturated rings. The molecule has 0 unspecified atom stereocenters. The summed E-state index contributed by atoms with van der Waals surface area (Å²) in [5.41, 5.74) is 2.63. The molecule has 0 bridgehead atoms. The number of hydrogen-bond acceptors (Lipinski definition) is 4. The number of fused-ring (bicyclic) bond motifs is 3. The van der Waals surface area contributed by atoms with Crippen molar-refractivity contribution >= 4 is 51.5 Å². The smallest absolute Gasteiger partial charge is 0.336 e. The van der Waals surface area contributed by atoms with Gasteiger partial charge in [-0.15, -0.1) is 0 Å². The number of benzene rings is 2. The zero-order valence-corrected chi connectivity index (χ0v) is 17.5. The first-order valence-electron chi connectivity index (χ1n) is 9.09. The average molecular weight is 439 g/mol. The van der Waals surface area contributed by atoms with E-state index in [0.717, 1.165) is 41.5 Å². The van der Waals surface area contributed by atoms with Crippen LogP contribution >= 0.6 is 34.8 Å². The number of unbranched alkanes of at least 4 members (excludes halogenated alkanes) is 1. The van der Waals surface area contributed by atoms with E-state index in [1.54, 1.807) is 18.2 Å². The van der Waals surface area contributed by atoms with Crippen molar-refractivity contribution in [2.24, 2.45) is 0 Å². The molecule has 0 amide bonds. The maximum atomic E-state index is 12.2. The van der Waals surface area contributed by atoms with Crippen molar-refractivity contribution in [1.82, 2.24) is 0 Å². The summed E-state index contributed by atoms with van der Waals surface area (Å²) >= 11 is 18.9. The maximum absolute atomic E-state index is 12.2. The minimum Gasteiger partial charge on any atom is -0.471 e. The lowest BCUT2D eigenvalue weighted by molar-refractivity contribution is 0.289. The Balaban J connectivity index is 1.84. The fraction of sp³-hybridized carbons (Fsp3) is 0.286. The van der Waals surface area contributed by atoms with E-state index in [4.69, 9.17) is 44.0 Å². The number of ether oxygens (including phenoxy) is 1. The van der Waals surface area contributed by atoms with Gasteiger partial charge in [0, 0.05) is 16.5 Å². The van der Waals surface area contributed by atoms with Gasteiger partial charge in [-0.1, -0.05) is 48.1 Å². The zero-order valence-electron chi connectivity index (χ0n) is 15.2. The summed E-state index contributed by atoms with van der Waals surface area (Å²) in [6, 6.07) is 8.69. The summed E-state index contributed by atoms with van der Waals surface area (Å²) in [5.74, 6) is 0.547. The predicted molar refractivity (Wildman–Crippen MR) is 114 cm³/mol. The first kappa shape index (κ1) is 19.4. The fourth-order valence-corrected chi connectivity index (χ4v) is 4.32. The topological polar surface area (TPSA) is 42.7 Å². The van der Waals surface area contributed by atoms with Gasteiger partial charge < -0.3 is 14.1 Å². The normalized spacial score (nSPS) is 13.5. The third-order valence-corrected chi connectivity index (χ3v) is 5.70. The van der Waals surface area contributed by atoms with Crippen molar-refractivity contribution in [2.45, 2.75) is 32.7 Å². The van der Waals surface area contributed by atoms with E-state index < -0.39 is 0 Å². The Kier molecular flexibility index (Phi) is 5.46. The summed E-state index contributed by atoms with van der Waals surface area (Å²) in [6.45, 7) is 2.84. The van der Waals surface area contributed by atoms with Crippen LogP contribution in [0.2, 0.25) is 15.1 Å². The number of anilines is 1. The van der Waals surface area contributed by atoms with Gasteiger partial charge in [-0.3, -0.25) is 0 Å². The van der Waals surface area contributed by atoms with Gasteiger partial charge >= 0.3 is 5.63 Å². The number of hydrogen-bond donors (Lipinski definition) is 0. The van der Waals surface area contributed by atoms with E-state index >= 15 is 0 Å². The summed E-state index contributed by atoms with van der Waals surface area (Å²) in [6.07, 6.45) is 2.81. The lowest BCUT2D eigenvalue weighted by Crippen LogP contribution is -2.32. The fourth-order valence-electron chi connectivity index (χ4n) is 3.52. The highest BCUT2D eigenvalue weighted by atomic mass is 35.5. The van der Waals surface area contributed by atoms with Crippen LogP contribution in [0.15, 0.2) is 39.5 Å². The molecule has 4 rings (SSSR count). The van der Waals surface area contributed by atoms with Gasteiger partial charge in [-0.25, -0.2) is 4.79 Å². The first-order valence-corrected chi connectivity index (χ1v) is 10.2. The molecule has 1 aliphatic rings. The van der Waals surface area contributed by atoms with Crippen LogP contribution in [0.4, 0.5) is 5.69 Å². The van der Waals surface area contributed by atoms with Gasteiger partial charge in [-0.05, 0) is 42.7 Å². The van der Waals surface area contributed by atoms with Crippen LogP contribution in [0.3, 0.4) is 0 Å². The van der Waals surface area contributed by atoms with Crippen LogP contribution in [-0.4, -0.2) is 6.73 Å². The Bertz CT molecular complexity index is 1110. The Morgan fingerprint density at radius 1 is 1.11 bits per heavy atom. The summed E-state index contributed by atoms with van der Waals surface area (Å²) in [4.78, 5) is 14.1. The van der Waals surface area contributed by atoms with Crippen LogP contribution in [0.5, 0.6) is 5.75 Å². The average Bonchev–Trinajstić information content (AvgIpc) is 2.67. The molecule has 28 heavy (non-hydrogen) atoms. The van der Waals surface area contributed by atoms with Crippen LogP contribution in [0, 0.1) is 0 Å². The van der Waals surface area contributed by atoms with Crippen molar-refractivity contribution in [3.8, 4) is 5.75 Å². The molecule has 2 aromatic carbocycles. The van der Waals surface area contributed by atoms with Crippen molar-refractivity contribution in [3.05, 3.63) is 66.9 Å². The summed E-state index contributed by atoms with van der Waals surface area (Å²) < 4.78 is 11.5. The summed E-state index contributed by atoms with van der Waals surface area (Å²) in [7, 11) is 0. The van der Waals surface area contributed by atoms with Crippen molar-refractivity contribution in [1.29, 1.82) is 0 Å². The molecular weight excluding hydrogens is 421 g/mol. The van der Waals surface area contributed by atoms with Crippen LogP contribution in [-0.2, 0) is 13.0 Å². The molecule has 0 saturated carbocycles. The highest BCUT2D eigenvalue weighted by Gasteiger charge is 2.26. The Morgan fingerprint density at radius 3 is 2.68 bits per heavy atom. The van der Waals surface area contributed by atoms with Crippen LogP contribution in [0.1, 0.15) is 30.9 Å². The highest BCUT2D eigenvalue weighted by molar-refractivity contribution is 6.36. The number of rotatable bonds is 4. The van der Waals surface area contributed by atoms with E-state index in [0.29, 0.717) is 32.9 Å². The second kappa shape index (κ2) is 7.86. The zero-order chi connectivity index (χ0) is 19.8. The van der Waals surface area contributed by atoms with Gasteiger partial charge in [0.25, 0.3) is 0 Å². The lowest BCUT2D eigenvalue weighted by Gasteiger charge is -2.32. The van der Waals surface area contributed by atoms with Crippen LogP contribution in [0.25, 0.3) is 11.0 Å². The molecule has 0 N–H and O–H groups in total. The lowest BCUT2D eigenvalue weighted by atomic mass is 10.0. The molecule has 1 aromatic heterocycles. The number of nitrogens with zero attached hydrogens (tertiary/aromatic N) is 1. The molecule has 4 nitrogen and oxygen atoms in total. The molecule has 0 saturated heterocycles. The summed E-state index contributed by atoms with van der Waals surface area (Å²) in [5, 5.41) is 2.45. The molecule has 0 aliphatic carbocycles. The third-order valence-electron chi connectivity index (χ3n) is 4.89. The first-order chi connectivity index (χ1) is 13.5. The van der Waals surface area contributed by atoms with Crippen LogP contribution < -0.4 is 15.3 Å². The van der Waals surface area contributed by atoms with Gasteiger partial charge in [0.2, 0.25) is 0 Å². The van der Waals surface area contributed by atoms with Crippen molar-refractivity contribution < 1.29 is 9.15 Å². The van der Waals surface area contributed by atoms with Gasteiger partial charge in [0.05, 0.1) is 27.8 Å². The molecule has 0 atom stereocenters. The molecule has 7 heteroatoms. The molecule has 0 spiro atoms. The quantitative estimate of drug-likeness (QED) is 0.439. The second-order valence-electron chi connectivity index (χ2n) is 6.80. The monoisotopic (exact) mass is 437 g/mol. The molecule has 2 heterocycles. The van der Waals surface area contributed by atoms with Gasteiger partial charge in [0.1, 0.15) is 11.3 Å². The molecule has 146 valence electrons. The Hall–Kier alpha value is -1.88. The minimum absolute atomic E-state index is 0.277. The third kappa shape index (κ3) is 3.57. The highest BCUT2D eigenvalue weighted by Crippen LogP contribution is 2.41. The largest absolute Gasteiger partial charge is 0.471 e. The van der Waals surface area contributed by atoms with Crippen molar-refractivity contribution in [3.63, 3.8) is 0 Å². The SMILES string of the molecule is CCCCc1cc(=O)oc2c3c(c(Cl)cc12)OCN(c1ccc(Cl)cc1Cl)C3. The van der Waals surface area contributed by atoms with E-state index in [1.165, 1.54) is 0 Å². The molecule has 1 aliphatic heterocycles. The molecule has 0 radical (unpaired) electrons. The maximum Gasteiger partial charge on any atom is 0.336 e. The van der Waals surface area contributed by atoms with E-state index in [2.05, 4.69) is 6.92 Å². The van der Waals surface area contributed by atoms with E-state index in [9.17, 15) is 4.79 Å². The predicted octanol–water partition coefficient (Wildman–Crippen LogP) is 6.45.